The van der Waals surface area contributed by atoms with Gasteiger partial charge in [-0.2, -0.15) is 0 Å². The Labute approximate surface area is 84.4 Å². The molecule has 0 aromatic rings. The van der Waals surface area contributed by atoms with Crippen molar-refractivity contribution in [3.8, 4) is 0 Å². The zero-order valence-electron chi connectivity index (χ0n) is 4.92. The van der Waals surface area contributed by atoms with Crippen molar-refractivity contribution in [2.45, 2.75) is 0 Å². The summed E-state index contributed by atoms with van der Waals surface area (Å²) < 4.78 is 0. The second-order valence-corrected chi connectivity index (χ2v) is 0.283. The molecule has 5 heteroatoms. The van der Waals surface area contributed by atoms with Crippen LogP contribution in [0, 0.1) is 0 Å². The van der Waals surface area contributed by atoms with Gasteiger partial charge in [-0.05, 0) is 0 Å². The van der Waals surface area contributed by atoms with Crippen LogP contribution < -0.4 is 51.4 Å². The maximum Gasteiger partial charge on any atom is 1.00 e. The van der Waals surface area contributed by atoms with Gasteiger partial charge in [-0.15, -0.1) is 0 Å². The van der Waals surface area contributed by atoms with E-state index in [0.717, 1.165) is 0 Å². The van der Waals surface area contributed by atoms with Crippen molar-refractivity contribution in [2.24, 2.45) is 0 Å². The molecule has 0 spiro atoms. The smallest absolute Gasteiger partial charge is 1.00 e. The fourth-order valence-corrected chi connectivity index (χ4v) is 0. The Bertz CT molecular complexity index is 45.3. The summed E-state index contributed by atoms with van der Waals surface area (Å²) in [7, 11) is 0. The average molecular weight is 132 g/mol. The van der Waals surface area contributed by atoms with E-state index >= 15 is 0 Å². The number of carbonyl (C=O) groups is 2. The third-order valence-electron chi connectivity index (χ3n) is 0. The second-order valence-electron chi connectivity index (χ2n) is 0.283. The first-order valence-corrected chi connectivity index (χ1v) is 0.940. The summed E-state index contributed by atoms with van der Waals surface area (Å²) in [5.74, 6) is 0. The van der Waals surface area contributed by atoms with Crippen molar-refractivity contribution >= 4 is 12.9 Å². The van der Waals surface area contributed by atoms with Gasteiger partial charge in [0.2, 0.25) is 0 Å². The first-order chi connectivity index (χ1) is 2.73. The normalized spacial score (nSPS) is 4.00. The predicted molar refractivity (Wildman–Crippen MR) is 18.9 cm³/mol. The number of hydrogen-bond acceptors (Lipinski definition) is 2. The van der Waals surface area contributed by atoms with Crippen molar-refractivity contribution in [1.29, 1.82) is 0 Å². The Morgan fingerprint density at radius 3 is 1.43 bits per heavy atom. The van der Waals surface area contributed by atoms with E-state index in [1.54, 1.807) is 0 Å². The Hall–Kier alpha value is 0.576. The quantitative estimate of drug-likeness (QED) is 0.348. The van der Waals surface area contributed by atoms with Crippen molar-refractivity contribution in [1.82, 2.24) is 0 Å². The maximum absolute atomic E-state index is 8.56. The molecule has 0 rings (SSSR count). The molecule has 0 saturated heterocycles. The molecule has 0 amide bonds. The second kappa shape index (κ2) is 16.0. The molecule has 0 heterocycles. The van der Waals surface area contributed by atoms with Crippen LogP contribution in [0.3, 0.4) is 0 Å². The van der Waals surface area contributed by atoms with E-state index in [4.69, 9.17) is 19.8 Å². The molecule has 0 aliphatic carbocycles. The Morgan fingerprint density at radius 1 is 1.43 bits per heavy atom. The van der Waals surface area contributed by atoms with E-state index in [2.05, 4.69) is 0 Å². The predicted octanol–water partition coefficient (Wildman–Crippen LogP) is -2.85. The molecule has 0 radical (unpaired) electrons. The van der Waals surface area contributed by atoms with E-state index in [1.165, 1.54) is 0 Å². The summed E-state index contributed by atoms with van der Waals surface area (Å²) in [6, 6.07) is 0. The van der Waals surface area contributed by atoms with E-state index < -0.39 is 6.16 Å². The molecule has 0 unspecified atom stereocenters. The first kappa shape index (κ1) is 15.6. The summed E-state index contributed by atoms with van der Waals surface area (Å²) in [6.07, 6.45) is -1.83. The maximum atomic E-state index is 8.56. The van der Waals surface area contributed by atoms with Gasteiger partial charge in [0.25, 0.3) is 0 Å². The topological polar surface area (TPSA) is 74.6 Å². The van der Waals surface area contributed by atoms with E-state index in [-0.39, 0.29) is 52.8 Å². The minimum atomic E-state index is -1.83. The zero-order chi connectivity index (χ0) is 5.58. The molecule has 7 heavy (non-hydrogen) atoms. The fraction of sp³-hybridized carbons (Fsp3) is 0. The molecule has 0 aromatic heterocycles. The van der Waals surface area contributed by atoms with Gasteiger partial charge >= 0.3 is 57.5 Å². The molecule has 0 aromatic carbocycles. The van der Waals surface area contributed by atoms with E-state index in [0.29, 0.717) is 0 Å². The summed E-state index contributed by atoms with van der Waals surface area (Å²) in [4.78, 5) is 16.6. The Kier molecular flexibility index (Phi) is 35.7. The SMILES string of the molecule is C=O.O=C(O)O.[H-].[K+]. The monoisotopic (exact) mass is 132 g/mol. The molecule has 4 nitrogen and oxygen atoms in total. The summed E-state index contributed by atoms with van der Waals surface area (Å²) in [5, 5.41) is 13.9. The van der Waals surface area contributed by atoms with Crippen LogP contribution in [0.25, 0.3) is 0 Å². The van der Waals surface area contributed by atoms with E-state index in [9.17, 15) is 0 Å². The molecule has 0 aliphatic rings. The number of carboxylic acid groups (broad SMARTS) is 2. The number of carbonyl (C=O) groups excluding carboxylic acids is 1. The molecule has 0 fully saturated rings. The van der Waals surface area contributed by atoms with Crippen LogP contribution in [0.5, 0.6) is 0 Å². The van der Waals surface area contributed by atoms with Gasteiger partial charge in [0.15, 0.2) is 0 Å². The summed E-state index contributed by atoms with van der Waals surface area (Å²) >= 11 is 0. The molecule has 0 saturated carbocycles. The third-order valence-corrected chi connectivity index (χ3v) is 0. The van der Waals surface area contributed by atoms with Crippen molar-refractivity contribution in [3.63, 3.8) is 0 Å². The fourth-order valence-electron chi connectivity index (χ4n) is 0. The Balaban J connectivity index is -0.0000000183. The van der Waals surface area contributed by atoms with E-state index in [1.807, 2.05) is 6.79 Å². The largest absolute Gasteiger partial charge is 1.00 e. The number of hydrogen-bond donors (Lipinski definition) is 2. The minimum absolute atomic E-state index is 0. The van der Waals surface area contributed by atoms with Gasteiger partial charge in [0, 0.05) is 0 Å². The standard InChI is InChI=1S/CH2O3.CH2O.K.H/c2-1(3)4;1-2;;/h(H2,2,3,4);1H2;;/q;;+1;-1. The first-order valence-electron chi connectivity index (χ1n) is 0.940. The van der Waals surface area contributed by atoms with Crippen LogP contribution in [-0.2, 0) is 4.79 Å². The van der Waals surface area contributed by atoms with Gasteiger partial charge in [0.1, 0.15) is 6.79 Å². The van der Waals surface area contributed by atoms with Crippen LogP contribution in [0.4, 0.5) is 4.79 Å². The summed E-state index contributed by atoms with van der Waals surface area (Å²) in [6.45, 7) is 2.00. The van der Waals surface area contributed by atoms with Gasteiger partial charge in [-0.3, -0.25) is 0 Å². The van der Waals surface area contributed by atoms with Gasteiger partial charge in [-0.1, -0.05) is 0 Å². The summed E-state index contributed by atoms with van der Waals surface area (Å²) in [5.41, 5.74) is 0. The van der Waals surface area contributed by atoms with Crippen molar-refractivity contribution < 1.29 is 72.6 Å². The van der Waals surface area contributed by atoms with Gasteiger partial charge < -0.3 is 16.4 Å². The zero-order valence-corrected chi connectivity index (χ0v) is 7.04. The molecular formula is C2H5KO4. The molecule has 0 bridgehead atoms. The van der Waals surface area contributed by atoms with Crippen LogP contribution >= 0.6 is 0 Å². The molecule has 2 N–H and O–H groups in total. The van der Waals surface area contributed by atoms with Crippen LogP contribution in [0.1, 0.15) is 1.43 Å². The third kappa shape index (κ3) is 415. The van der Waals surface area contributed by atoms with Crippen molar-refractivity contribution in [3.05, 3.63) is 0 Å². The molecule has 0 aliphatic heterocycles. The van der Waals surface area contributed by atoms with Gasteiger partial charge in [0.05, 0.1) is 0 Å². The minimum Gasteiger partial charge on any atom is -1.00 e. The molecular weight excluding hydrogens is 127 g/mol. The molecule has 38 valence electrons. The average Bonchev–Trinajstić information content (AvgIpc) is 1.41. The van der Waals surface area contributed by atoms with Crippen LogP contribution in [0.15, 0.2) is 0 Å². The Morgan fingerprint density at radius 2 is 1.43 bits per heavy atom. The van der Waals surface area contributed by atoms with Gasteiger partial charge in [-0.25, -0.2) is 4.79 Å². The number of rotatable bonds is 0. The van der Waals surface area contributed by atoms with Crippen molar-refractivity contribution in [2.75, 3.05) is 0 Å². The van der Waals surface area contributed by atoms with Crippen LogP contribution in [-0.4, -0.2) is 23.2 Å². The van der Waals surface area contributed by atoms with Crippen LogP contribution in [0.2, 0.25) is 0 Å². The molecule has 0 atom stereocenters.